The van der Waals surface area contributed by atoms with Crippen LogP contribution in [0.25, 0.3) is 22.5 Å². The zero-order valence-electron chi connectivity index (χ0n) is 20.9. The Hall–Kier alpha value is -3.44. The summed E-state index contributed by atoms with van der Waals surface area (Å²) in [5, 5.41) is 49.9. The maximum Gasteiger partial charge on any atom is 0.227 e. The van der Waals surface area contributed by atoms with E-state index in [4.69, 9.17) is 0 Å². The summed E-state index contributed by atoms with van der Waals surface area (Å²) in [5.74, 6) is -0.244. The minimum atomic E-state index is -1.60. The Morgan fingerprint density at radius 1 is 0.919 bits per heavy atom. The first kappa shape index (κ1) is 26.6. The predicted octanol–water partition coefficient (Wildman–Crippen LogP) is 1.68. The topological polar surface area (TPSA) is 149 Å². The molecule has 1 amide bonds. The molecule has 0 radical (unpaired) electrons. The maximum absolute atomic E-state index is 13.2. The van der Waals surface area contributed by atoms with Crippen LogP contribution in [0.15, 0.2) is 48.5 Å². The smallest absolute Gasteiger partial charge is 0.227 e. The average molecular weight is 509 g/mol. The van der Waals surface area contributed by atoms with Gasteiger partial charge in [0.05, 0.1) is 30.6 Å². The summed E-state index contributed by atoms with van der Waals surface area (Å²) < 4.78 is 1.47. The number of anilines is 1. The Balaban J connectivity index is 1.79. The van der Waals surface area contributed by atoms with Crippen molar-refractivity contribution in [2.45, 2.75) is 70.6 Å². The van der Waals surface area contributed by atoms with Gasteiger partial charge in [0, 0.05) is 24.0 Å². The van der Waals surface area contributed by atoms with E-state index in [1.807, 2.05) is 48.5 Å². The highest BCUT2D eigenvalue weighted by molar-refractivity contribution is 6.01. The van der Waals surface area contributed by atoms with E-state index in [1.165, 1.54) is 11.6 Å². The number of nitrogens with zero attached hydrogens (tertiary/aromatic N) is 4. The zero-order chi connectivity index (χ0) is 26.7. The Morgan fingerprint density at radius 3 is 2.27 bits per heavy atom. The van der Waals surface area contributed by atoms with Crippen molar-refractivity contribution in [1.82, 2.24) is 15.0 Å². The maximum atomic E-state index is 13.2. The zero-order valence-corrected chi connectivity index (χ0v) is 20.9. The van der Waals surface area contributed by atoms with Gasteiger partial charge in [-0.3, -0.25) is 4.79 Å². The van der Waals surface area contributed by atoms with Crippen LogP contribution in [0.4, 0.5) is 5.69 Å². The molecule has 37 heavy (non-hydrogen) atoms. The van der Waals surface area contributed by atoms with Crippen molar-refractivity contribution in [3.63, 3.8) is 0 Å². The molecule has 1 aliphatic rings. The number of Topliss-reactive ketones (excluding diaryl/α,β-unsaturated/α-hetero) is 1. The summed E-state index contributed by atoms with van der Waals surface area (Å²) in [6, 6.07) is 14.8. The number of rotatable bonds is 9. The third kappa shape index (κ3) is 5.47. The number of para-hydroxylation sites is 1. The normalized spacial score (nSPS) is 15.9. The second kappa shape index (κ2) is 11.3. The van der Waals surface area contributed by atoms with Crippen molar-refractivity contribution >= 4 is 17.4 Å². The molecule has 0 aliphatic carbocycles. The van der Waals surface area contributed by atoms with Crippen LogP contribution in [-0.4, -0.2) is 71.5 Å². The molecule has 10 nitrogen and oxygen atoms in total. The minimum Gasteiger partial charge on any atom is -0.390 e. The van der Waals surface area contributed by atoms with Crippen molar-refractivity contribution in [3.05, 3.63) is 54.1 Å². The van der Waals surface area contributed by atoms with Gasteiger partial charge in [0.1, 0.15) is 29.8 Å². The Bertz CT molecular complexity index is 1280. The van der Waals surface area contributed by atoms with Crippen molar-refractivity contribution in [2.24, 2.45) is 0 Å². The highest BCUT2D eigenvalue weighted by Gasteiger charge is 2.33. The third-order valence-corrected chi connectivity index (χ3v) is 6.69. The van der Waals surface area contributed by atoms with Crippen LogP contribution in [0.1, 0.15) is 38.7 Å². The Labute approximate surface area is 214 Å². The lowest BCUT2D eigenvalue weighted by molar-refractivity contribution is -0.123. The van der Waals surface area contributed by atoms with E-state index >= 15 is 0 Å². The first-order valence-electron chi connectivity index (χ1n) is 12.4. The van der Waals surface area contributed by atoms with Gasteiger partial charge in [-0.1, -0.05) is 54.6 Å². The molecular formula is C27H32N4O6. The third-order valence-electron chi connectivity index (χ3n) is 6.69. The van der Waals surface area contributed by atoms with E-state index < -0.39 is 24.4 Å². The lowest BCUT2D eigenvalue weighted by Crippen LogP contribution is -2.45. The molecule has 2 aromatic carbocycles. The van der Waals surface area contributed by atoms with Gasteiger partial charge in [-0.05, 0) is 25.0 Å². The number of ketones is 1. The molecule has 4 atom stereocenters. The molecule has 1 aliphatic heterocycles. The fourth-order valence-electron chi connectivity index (χ4n) is 4.57. The predicted molar refractivity (Wildman–Crippen MR) is 136 cm³/mol. The molecule has 2 heterocycles. The first-order valence-corrected chi connectivity index (χ1v) is 12.4. The van der Waals surface area contributed by atoms with E-state index in [9.17, 15) is 30.0 Å². The molecular weight excluding hydrogens is 476 g/mol. The van der Waals surface area contributed by atoms with Gasteiger partial charge in [0.25, 0.3) is 0 Å². The standard InChI is InChI=1S/C27H32N4O6/c1-3-21(33)26(36)27(37)22(34)15-31-25-18-9-5-4-8-17(18)14-30(23(35)13-12-16(2)32)20-11-7-6-10-19(20)24(25)28-29-31/h4-11,21-22,26-27,33-34,36-37H,3,12-15H2,1-2H3. The number of hydrogen-bond donors (Lipinski definition) is 4. The minimum absolute atomic E-state index is 0.0587. The van der Waals surface area contributed by atoms with Crippen LogP contribution in [0.3, 0.4) is 0 Å². The van der Waals surface area contributed by atoms with E-state index in [-0.39, 0.29) is 44.0 Å². The second-order valence-electron chi connectivity index (χ2n) is 9.35. The van der Waals surface area contributed by atoms with Gasteiger partial charge in [-0.25, -0.2) is 4.68 Å². The number of aliphatic hydroxyl groups excluding tert-OH is 4. The number of fused-ring (bicyclic) bond motifs is 5. The number of hydrogen-bond acceptors (Lipinski definition) is 8. The van der Waals surface area contributed by atoms with Crippen LogP contribution >= 0.6 is 0 Å². The summed E-state index contributed by atoms with van der Waals surface area (Å²) in [5.41, 5.74) is 3.93. The number of carbonyl (C=O) groups excluding carboxylic acids is 2. The first-order chi connectivity index (χ1) is 17.7. The molecule has 0 spiro atoms. The van der Waals surface area contributed by atoms with Crippen molar-refractivity contribution in [2.75, 3.05) is 4.90 Å². The SMILES string of the molecule is CCC(O)C(O)C(O)C(O)Cn1nnc2c1-c1ccccc1CN(C(=O)CCC(C)=O)c1ccccc1-2. The van der Waals surface area contributed by atoms with Crippen LogP contribution in [0.2, 0.25) is 0 Å². The molecule has 1 aromatic heterocycles. The van der Waals surface area contributed by atoms with Gasteiger partial charge < -0.3 is 30.1 Å². The van der Waals surface area contributed by atoms with E-state index in [2.05, 4.69) is 10.3 Å². The van der Waals surface area contributed by atoms with Gasteiger partial charge in [0.2, 0.25) is 5.91 Å². The van der Waals surface area contributed by atoms with Crippen molar-refractivity contribution < 1.29 is 30.0 Å². The van der Waals surface area contributed by atoms with Crippen molar-refractivity contribution in [1.29, 1.82) is 0 Å². The lowest BCUT2D eigenvalue weighted by atomic mass is 9.95. The average Bonchev–Trinajstić information content (AvgIpc) is 3.30. The molecule has 4 unspecified atom stereocenters. The highest BCUT2D eigenvalue weighted by atomic mass is 16.4. The molecule has 0 fully saturated rings. The molecule has 0 saturated heterocycles. The summed E-state index contributed by atoms with van der Waals surface area (Å²) in [7, 11) is 0. The molecule has 4 rings (SSSR count). The summed E-state index contributed by atoms with van der Waals surface area (Å²) in [6.07, 6.45) is -5.27. The highest BCUT2D eigenvalue weighted by Crippen LogP contribution is 2.41. The van der Waals surface area contributed by atoms with Gasteiger partial charge >= 0.3 is 0 Å². The van der Waals surface area contributed by atoms with Crippen LogP contribution in [-0.2, 0) is 22.7 Å². The Morgan fingerprint density at radius 2 is 1.57 bits per heavy atom. The fraction of sp³-hybridized carbons (Fsp3) is 0.407. The van der Waals surface area contributed by atoms with E-state index in [1.54, 1.807) is 11.8 Å². The molecule has 0 saturated carbocycles. The van der Waals surface area contributed by atoms with Crippen LogP contribution < -0.4 is 4.90 Å². The van der Waals surface area contributed by atoms with Crippen LogP contribution in [0.5, 0.6) is 0 Å². The summed E-state index contributed by atoms with van der Waals surface area (Å²) in [6.45, 7) is 3.19. The number of carbonyl (C=O) groups is 2. The monoisotopic (exact) mass is 508 g/mol. The Kier molecular flexibility index (Phi) is 8.13. The molecule has 0 bridgehead atoms. The van der Waals surface area contributed by atoms with E-state index in [0.717, 1.165) is 11.1 Å². The number of amides is 1. The number of aliphatic hydroxyl groups is 4. The quantitative estimate of drug-likeness (QED) is 0.341. The van der Waals surface area contributed by atoms with Crippen molar-refractivity contribution in [3.8, 4) is 22.5 Å². The second-order valence-corrected chi connectivity index (χ2v) is 9.35. The molecule has 4 N–H and O–H groups in total. The van der Waals surface area contributed by atoms with Gasteiger partial charge in [0.15, 0.2) is 0 Å². The molecule has 10 heteroatoms. The summed E-state index contributed by atoms with van der Waals surface area (Å²) >= 11 is 0. The lowest BCUT2D eigenvalue weighted by Gasteiger charge is -2.29. The summed E-state index contributed by atoms with van der Waals surface area (Å²) in [4.78, 5) is 26.4. The molecule has 196 valence electrons. The molecule has 3 aromatic rings. The van der Waals surface area contributed by atoms with Crippen LogP contribution in [0, 0.1) is 0 Å². The van der Waals surface area contributed by atoms with E-state index in [0.29, 0.717) is 22.6 Å². The van der Waals surface area contributed by atoms with Gasteiger partial charge in [-0.15, -0.1) is 5.10 Å². The van der Waals surface area contributed by atoms with Gasteiger partial charge in [-0.2, -0.15) is 0 Å². The fourth-order valence-corrected chi connectivity index (χ4v) is 4.57. The largest absolute Gasteiger partial charge is 0.390 e. The number of aromatic nitrogens is 3. The number of benzene rings is 2.